The molecule has 0 aromatic rings. The molecular weight excluding hydrogens is 212 g/mol. The van der Waals surface area contributed by atoms with Crippen LogP contribution in [-0.4, -0.2) is 52.9 Å². The Bertz CT molecular complexity index is 291. The molecule has 0 saturated carbocycles. The van der Waals surface area contributed by atoms with E-state index in [0.717, 1.165) is 6.42 Å². The summed E-state index contributed by atoms with van der Waals surface area (Å²) in [6.07, 6.45) is -0.610. The largest absolute Gasteiger partial charge is 0.479 e. The van der Waals surface area contributed by atoms with Crippen LogP contribution in [0.1, 0.15) is 20.3 Å². The number of hydrogen-bond acceptors (Lipinski definition) is 3. The van der Waals surface area contributed by atoms with E-state index in [1.165, 1.54) is 0 Å². The van der Waals surface area contributed by atoms with Gasteiger partial charge in [-0.15, -0.1) is 0 Å². The van der Waals surface area contributed by atoms with Gasteiger partial charge >= 0.3 is 12.0 Å². The number of rotatable bonds is 3. The molecule has 0 bridgehead atoms. The molecule has 0 unspecified atom stereocenters. The molecule has 1 aliphatic heterocycles. The van der Waals surface area contributed by atoms with E-state index in [-0.39, 0.29) is 18.0 Å². The standard InChI is InChI=1S/C10H18N2O4/c1-10(2)3-4-12(6-10)9(16)11-5-7(13)8(14)15/h7,13H,3-6H2,1-2H3,(H,11,16)(H,14,15)/t7-/m0/s1. The number of nitrogens with one attached hydrogen (secondary N) is 1. The molecule has 0 aromatic carbocycles. The van der Waals surface area contributed by atoms with Crippen LogP contribution in [0.3, 0.4) is 0 Å². The van der Waals surface area contributed by atoms with Crippen LogP contribution < -0.4 is 5.32 Å². The number of nitrogens with zero attached hydrogens (tertiary/aromatic N) is 1. The zero-order valence-corrected chi connectivity index (χ0v) is 9.56. The van der Waals surface area contributed by atoms with Gasteiger partial charge in [0.1, 0.15) is 0 Å². The summed E-state index contributed by atoms with van der Waals surface area (Å²) in [6.45, 7) is 5.22. The molecule has 1 fully saturated rings. The van der Waals surface area contributed by atoms with E-state index in [1.807, 2.05) is 0 Å². The summed E-state index contributed by atoms with van der Waals surface area (Å²) in [5, 5.41) is 19.8. The quantitative estimate of drug-likeness (QED) is 0.630. The third kappa shape index (κ3) is 3.37. The molecule has 1 aliphatic rings. The predicted octanol–water partition coefficient (Wildman–Crippen LogP) is -0.127. The highest BCUT2D eigenvalue weighted by Gasteiger charge is 2.32. The zero-order chi connectivity index (χ0) is 12.3. The average molecular weight is 230 g/mol. The van der Waals surface area contributed by atoms with Crippen molar-refractivity contribution in [2.75, 3.05) is 19.6 Å². The summed E-state index contributed by atoms with van der Waals surface area (Å²) in [7, 11) is 0. The van der Waals surface area contributed by atoms with Crippen LogP contribution in [-0.2, 0) is 4.79 Å². The van der Waals surface area contributed by atoms with E-state index in [0.29, 0.717) is 13.1 Å². The number of aliphatic hydroxyl groups excluding tert-OH is 1. The minimum absolute atomic E-state index is 0.114. The van der Waals surface area contributed by atoms with Gasteiger partial charge in [-0.1, -0.05) is 13.8 Å². The average Bonchev–Trinajstić information content (AvgIpc) is 2.54. The van der Waals surface area contributed by atoms with Gasteiger partial charge in [0.15, 0.2) is 6.10 Å². The van der Waals surface area contributed by atoms with E-state index in [9.17, 15) is 9.59 Å². The molecule has 0 aliphatic carbocycles. The molecule has 2 amide bonds. The summed E-state index contributed by atoms with van der Waals surface area (Å²) >= 11 is 0. The lowest BCUT2D eigenvalue weighted by atomic mass is 9.93. The molecule has 1 heterocycles. The maximum Gasteiger partial charge on any atom is 0.334 e. The van der Waals surface area contributed by atoms with Crippen molar-refractivity contribution in [2.24, 2.45) is 5.41 Å². The van der Waals surface area contributed by atoms with Crippen LogP contribution in [0.2, 0.25) is 0 Å². The van der Waals surface area contributed by atoms with Gasteiger partial charge in [0.25, 0.3) is 0 Å². The molecule has 0 aromatic heterocycles. The minimum Gasteiger partial charge on any atom is -0.479 e. The summed E-state index contributed by atoms with van der Waals surface area (Å²) < 4.78 is 0. The predicted molar refractivity (Wildman–Crippen MR) is 57.0 cm³/mol. The first-order valence-corrected chi connectivity index (χ1v) is 5.25. The third-order valence-electron chi connectivity index (χ3n) is 2.70. The van der Waals surface area contributed by atoms with Crippen LogP contribution in [0, 0.1) is 5.41 Å². The highest BCUT2D eigenvalue weighted by atomic mass is 16.4. The maximum absolute atomic E-state index is 11.6. The SMILES string of the molecule is CC1(C)CCN(C(=O)NC[C@H](O)C(=O)O)C1. The van der Waals surface area contributed by atoms with Gasteiger partial charge in [0, 0.05) is 13.1 Å². The number of carbonyl (C=O) groups excluding carboxylic acids is 1. The van der Waals surface area contributed by atoms with Gasteiger partial charge in [0.05, 0.1) is 6.54 Å². The van der Waals surface area contributed by atoms with Crippen LogP contribution in [0.5, 0.6) is 0 Å². The van der Waals surface area contributed by atoms with E-state index in [2.05, 4.69) is 19.2 Å². The second-order valence-electron chi connectivity index (χ2n) is 4.88. The summed E-state index contributed by atoms with van der Waals surface area (Å²) in [5.74, 6) is -1.33. The topological polar surface area (TPSA) is 89.9 Å². The molecule has 0 radical (unpaired) electrons. The molecule has 3 N–H and O–H groups in total. The van der Waals surface area contributed by atoms with Gasteiger partial charge in [-0.25, -0.2) is 9.59 Å². The highest BCUT2D eigenvalue weighted by molar-refractivity contribution is 5.77. The molecule has 16 heavy (non-hydrogen) atoms. The number of likely N-dealkylation sites (tertiary alicyclic amines) is 1. The van der Waals surface area contributed by atoms with Crippen molar-refractivity contribution in [1.29, 1.82) is 0 Å². The number of aliphatic carboxylic acids is 1. The number of amides is 2. The van der Waals surface area contributed by atoms with Crippen molar-refractivity contribution in [2.45, 2.75) is 26.4 Å². The first-order chi connectivity index (χ1) is 7.32. The van der Waals surface area contributed by atoms with E-state index in [1.54, 1.807) is 4.90 Å². The third-order valence-corrected chi connectivity index (χ3v) is 2.70. The first kappa shape index (κ1) is 12.8. The van der Waals surface area contributed by atoms with Gasteiger partial charge in [0.2, 0.25) is 0 Å². The Kier molecular flexibility index (Phi) is 3.74. The number of carboxylic acid groups (broad SMARTS) is 1. The van der Waals surface area contributed by atoms with E-state index < -0.39 is 12.1 Å². The van der Waals surface area contributed by atoms with Crippen LogP contribution in [0.4, 0.5) is 4.79 Å². The minimum atomic E-state index is -1.54. The smallest absolute Gasteiger partial charge is 0.334 e. The Morgan fingerprint density at radius 3 is 2.56 bits per heavy atom. The summed E-state index contributed by atoms with van der Waals surface area (Å²) in [5.41, 5.74) is 0.114. The van der Waals surface area contributed by atoms with Gasteiger partial charge in [-0.2, -0.15) is 0 Å². The highest BCUT2D eigenvalue weighted by Crippen LogP contribution is 2.28. The second-order valence-corrected chi connectivity index (χ2v) is 4.88. The number of hydrogen-bond donors (Lipinski definition) is 3. The summed E-state index contributed by atoms with van der Waals surface area (Å²) in [6, 6.07) is -0.314. The Hall–Kier alpha value is -1.30. The first-order valence-electron chi connectivity index (χ1n) is 5.25. The monoisotopic (exact) mass is 230 g/mol. The Morgan fingerprint density at radius 1 is 1.50 bits per heavy atom. The lowest BCUT2D eigenvalue weighted by Gasteiger charge is -2.20. The normalized spacial score (nSPS) is 20.6. The molecule has 1 rings (SSSR count). The molecule has 92 valence electrons. The van der Waals surface area contributed by atoms with Crippen molar-refractivity contribution in [1.82, 2.24) is 10.2 Å². The molecule has 6 heteroatoms. The Balaban J connectivity index is 2.34. The van der Waals surface area contributed by atoms with Crippen LogP contribution in [0.15, 0.2) is 0 Å². The maximum atomic E-state index is 11.6. The number of carboxylic acids is 1. The van der Waals surface area contributed by atoms with E-state index in [4.69, 9.17) is 10.2 Å². The van der Waals surface area contributed by atoms with Crippen molar-refractivity contribution in [3.05, 3.63) is 0 Å². The Labute approximate surface area is 94.2 Å². The van der Waals surface area contributed by atoms with Crippen molar-refractivity contribution in [3.8, 4) is 0 Å². The van der Waals surface area contributed by atoms with Crippen molar-refractivity contribution in [3.63, 3.8) is 0 Å². The fourth-order valence-electron chi connectivity index (χ4n) is 1.67. The van der Waals surface area contributed by atoms with Crippen molar-refractivity contribution >= 4 is 12.0 Å². The molecule has 1 saturated heterocycles. The number of carbonyl (C=O) groups is 2. The lowest BCUT2D eigenvalue weighted by molar-refractivity contribution is -0.146. The number of urea groups is 1. The van der Waals surface area contributed by atoms with Crippen LogP contribution >= 0.6 is 0 Å². The fraction of sp³-hybridized carbons (Fsp3) is 0.800. The van der Waals surface area contributed by atoms with Gasteiger partial charge < -0.3 is 20.4 Å². The molecular formula is C10H18N2O4. The van der Waals surface area contributed by atoms with Gasteiger partial charge in [-0.05, 0) is 11.8 Å². The molecule has 0 spiro atoms. The van der Waals surface area contributed by atoms with E-state index >= 15 is 0 Å². The van der Waals surface area contributed by atoms with Crippen LogP contribution in [0.25, 0.3) is 0 Å². The molecule has 6 nitrogen and oxygen atoms in total. The van der Waals surface area contributed by atoms with Crippen molar-refractivity contribution < 1.29 is 19.8 Å². The fourth-order valence-corrected chi connectivity index (χ4v) is 1.67. The summed E-state index contributed by atoms with van der Waals surface area (Å²) in [4.78, 5) is 23.5. The number of aliphatic hydroxyl groups is 1. The zero-order valence-electron chi connectivity index (χ0n) is 9.56. The molecule has 1 atom stereocenters. The second kappa shape index (κ2) is 4.69. The lowest BCUT2D eigenvalue weighted by Crippen LogP contribution is -2.44. The Morgan fingerprint density at radius 2 is 2.12 bits per heavy atom. The van der Waals surface area contributed by atoms with Gasteiger partial charge in [-0.3, -0.25) is 0 Å².